The lowest BCUT2D eigenvalue weighted by molar-refractivity contribution is -0.158. The number of carbonyl (C=O) groups excluding carboxylic acids is 2. The lowest BCUT2D eigenvalue weighted by Gasteiger charge is -2.48. The molecule has 0 aromatic heterocycles. The van der Waals surface area contributed by atoms with Crippen LogP contribution in [0.3, 0.4) is 0 Å². The zero-order valence-corrected chi connectivity index (χ0v) is 14.5. The quantitative estimate of drug-likeness (QED) is 0.821. The van der Waals surface area contributed by atoms with Gasteiger partial charge in [-0.25, -0.2) is 8.42 Å². The first kappa shape index (κ1) is 17.9. The fourth-order valence-electron chi connectivity index (χ4n) is 2.56. The third-order valence-electron chi connectivity index (χ3n) is 3.92. The van der Waals surface area contributed by atoms with Crippen molar-refractivity contribution in [3.05, 3.63) is 0 Å². The maximum atomic E-state index is 12.7. The molecule has 2 unspecified atom stereocenters. The largest absolute Gasteiger partial charge is 0.340 e. The molecule has 2 atom stereocenters. The van der Waals surface area contributed by atoms with Crippen LogP contribution >= 0.6 is 0 Å². The lowest BCUT2D eigenvalue weighted by atomic mass is 9.80. The Balaban J connectivity index is 3.19. The molecule has 6 nitrogen and oxygen atoms in total. The second kappa shape index (κ2) is 5.59. The molecular weight excluding hydrogens is 292 g/mol. The minimum Gasteiger partial charge on any atom is -0.340 e. The van der Waals surface area contributed by atoms with E-state index in [2.05, 4.69) is 5.32 Å². The number of sulfone groups is 1. The first-order valence-corrected chi connectivity index (χ1v) is 9.19. The maximum Gasteiger partial charge on any atom is 0.248 e. The van der Waals surface area contributed by atoms with E-state index in [-0.39, 0.29) is 24.1 Å². The minimum atomic E-state index is -3.20. The molecule has 1 aliphatic heterocycles. The molecule has 122 valence electrons. The molecular formula is C14H26N2O4S. The van der Waals surface area contributed by atoms with E-state index in [0.29, 0.717) is 6.42 Å². The van der Waals surface area contributed by atoms with Gasteiger partial charge in [0.05, 0.1) is 5.75 Å². The molecule has 0 spiro atoms. The van der Waals surface area contributed by atoms with Gasteiger partial charge in [0.25, 0.3) is 0 Å². The summed E-state index contributed by atoms with van der Waals surface area (Å²) >= 11 is 0. The van der Waals surface area contributed by atoms with E-state index in [1.165, 1.54) is 4.90 Å². The highest BCUT2D eigenvalue weighted by Crippen LogP contribution is 2.31. The average molecular weight is 318 g/mol. The summed E-state index contributed by atoms with van der Waals surface area (Å²) in [5.41, 5.74) is -1.43. The molecule has 0 bridgehead atoms. The normalized spacial score (nSPS) is 27.7. The second-order valence-electron chi connectivity index (χ2n) is 7.07. The molecule has 1 saturated heterocycles. The predicted octanol–water partition coefficient (Wildman–Crippen LogP) is 0.573. The fourth-order valence-corrected chi connectivity index (χ4v) is 3.09. The Morgan fingerprint density at radius 2 is 1.81 bits per heavy atom. The predicted molar refractivity (Wildman–Crippen MR) is 81.5 cm³/mol. The van der Waals surface area contributed by atoms with Crippen molar-refractivity contribution in [1.29, 1.82) is 0 Å². The standard InChI is InChI=1S/C14H26N2O4S/c1-7-14(5)12(18)16(8-9-21(6,19)20)10(11(17)15-14)13(2,3)4/h10H,7-9H2,1-6H3,(H,15,17). The highest BCUT2D eigenvalue weighted by Gasteiger charge is 2.50. The van der Waals surface area contributed by atoms with Gasteiger partial charge in [0.15, 0.2) is 0 Å². The summed E-state index contributed by atoms with van der Waals surface area (Å²) in [6.07, 6.45) is 1.59. The summed E-state index contributed by atoms with van der Waals surface area (Å²) in [4.78, 5) is 26.6. The van der Waals surface area contributed by atoms with Gasteiger partial charge in [0.2, 0.25) is 11.8 Å². The molecule has 0 saturated carbocycles. The Hall–Kier alpha value is -1.11. The molecule has 1 heterocycles. The maximum absolute atomic E-state index is 12.7. The molecule has 7 heteroatoms. The summed E-state index contributed by atoms with van der Waals surface area (Å²) in [6.45, 7) is 9.15. The highest BCUT2D eigenvalue weighted by atomic mass is 32.2. The SMILES string of the molecule is CCC1(C)NC(=O)C(C(C)(C)C)N(CCS(C)(=O)=O)C1=O. The van der Waals surface area contributed by atoms with Crippen LogP contribution in [0.25, 0.3) is 0 Å². The van der Waals surface area contributed by atoms with Crippen LogP contribution in [0.2, 0.25) is 0 Å². The molecule has 0 aliphatic carbocycles. The van der Waals surface area contributed by atoms with Gasteiger partial charge in [-0.3, -0.25) is 9.59 Å². The fraction of sp³-hybridized carbons (Fsp3) is 0.857. The molecule has 21 heavy (non-hydrogen) atoms. The highest BCUT2D eigenvalue weighted by molar-refractivity contribution is 7.90. The first-order valence-electron chi connectivity index (χ1n) is 7.12. The van der Waals surface area contributed by atoms with Crippen molar-refractivity contribution in [2.75, 3.05) is 18.6 Å². The summed E-state index contributed by atoms with van der Waals surface area (Å²) in [5.74, 6) is -0.577. The Morgan fingerprint density at radius 3 is 2.19 bits per heavy atom. The Labute approximate surface area is 127 Å². The van der Waals surface area contributed by atoms with Crippen molar-refractivity contribution in [3.8, 4) is 0 Å². The van der Waals surface area contributed by atoms with E-state index in [0.717, 1.165) is 6.26 Å². The van der Waals surface area contributed by atoms with Crippen LogP contribution in [0.5, 0.6) is 0 Å². The molecule has 1 rings (SSSR count). The van der Waals surface area contributed by atoms with E-state index in [1.54, 1.807) is 6.92 Å². The molecule has 0 radical (unpaired) electrons. The lowest BCUT2D eigenvalue weighted by Crippen LogP contribution is -2.71. The Bertz CT molecular complexity index is 536. The van der Waals surface area contributed by atoms with Crippen LogP contribution < -0.4 is 5.32 Å². The van der Waals surface area contributed by atoms with Crippen molar-refractivity contribution < 1.29 is 18.0 Å². The van der Waals surface area contributed by atoms with Gasteiger partial charge in [-0.15, -0.1) is 0 Å². The number of hydrogen-bond donors (Lipinski definition) is 1. The van der Waals surface area contributed by atoms with Gasteiger partial charge in [0.1, 0.15) is 21.4 Å². The summed E-state index contributed by atoms with van der Waals surface area (Å²) in [6, 6.07) is -0.661. The molecule has 1 fully saturated rings. The van der Waals surface area contributed by atoms with Gasteiger partial charge in [-0.2, -0.15) is 0 Å². The zero-order chi connectivity index (χ0) is 16.6. The molecule has 2 amide bonds. The van der Waals surface area contributed by atoms with E-state index < -0.39 is 26.8 Å². The van der Waals surface area contributed by atoms with Gasteiger partial charge in [-0.1, -0.05) is 27.7 Å². The van der Waals surface area contributed by atoms with Crippen LogP contribution in [0, 0.1) is 5.41 Å². The topological polar surface area (TPSA) is 83.6 Å². The summed E-state index contributed by atoms with van der Waals surface area (Å²) < 4.78 is 22.8. The third-order valence-corrected chi connectivity index (χ3v) is 4.85. The van der Waals surface area contributed by atoms with E-state index in [9.17, 15) is 18.0 Å². The minimum absolute atomic E-state index is 0.0443. The summed E-state index contributed by atoms with van der Waals surface area (Å²) in [7, 11) is -3.20. The van der Waals surface area contributed by atoms with Gasteiger partial charge >= 0.3 is 0 Å². The summed E-state index contributed by atoms with van der Waals surface area (Å²) in [5, 5.41) is 2.80. The zero-order valence-electron chi connectivity index (χ0n) is 13.7. The number of nitrogens with one attached hydrogen (secondary N) is 1. The van der Waals surface area contributed by atoms with Crippen molar-refractivity contribution in [2.45, 2.75) is 52.6 Å². The van der Waals surface area contributed by atoms with Crippen molar-refractivity contribution >= 4 is 21.7 Å². The molecule has 0 aromatic carbocycles. The molecule has 1 aliphatic rings. The Kier molecular flexibility index (Phi) is 4.77. The number of hydrogen-bond acceptors (Lipinski definition) is 4. The van der Waals surface area contributed by atoms with E-state index >= 15 is 0 Å². The van der Waals surface area contributed by atoms with Gasteiger partial charge < -0.3 is 10.2 Å². The van der Waals surface area contributed by atoms with Crippen LogP contribution in [0.4, 0.5) is 0 Å². The van der Waals surface area contributed by atoms with Crippen molar-refractivity contribution in [2.24, 2.45) is 5.41 Å². The van der Waals surface area contributed by atoms with E-state index in [4.69, 9.17) is 0 Å². The van der Waals surface area contributed by atoms with Crippen LogP contribution in [-0.4, -0.2) is 55.3 Å². The van der Waals surface area contributed by atoms with Crippen molar-refractivity contribution in [1.82, 2.24) is 10.2 Å². The first-order chi connectivity index (χ1) is 9.32. The van der Waals surface area contributed by atoms with Crippen molar-refractivity contribution in [3.63, 3.8) is 0 Å². The number of rotatable bonds is 4. The van der Waals surface area contributed by atoms with Crippen LogP contribution in [-0.2, 0) is 19.4 Å². The van der Waals surface area contributed by atoms with Crippen LogP contribution in [0.15, 0.2) is 0 Å². The second-order valence-corrected chi connectivity index (χ2v) is 9.33. The van der Waals surface area contributed by atoms with Gasteiger partial charge in [-0.05, 0) is 18.8 Å². The average Bonchev–Trinajstić information content (AvgIpc) is 2.28. The number of piperazine rings is 1. The molecule has 0 aromatic rings. The molecule has 1 N–H and O–H groups in total. The Morgan fingerprint density at radius 1 is 1.29 bits per heavy atom. The van der Waals surface area contributed by atoms with Crippen LogP contribution in [0.1, 0.15) is 41.0 Å². The monoisotopic (exact) mass is 318 g/mol. The van der Waals surface area contributed by atoms with E-state index in [1.807, 2.05) is 27.7 Å². The number of amides is 2. The number of carbonyl (C=O) groups is 2. The smallest absolute Gasteiger partial charge is 0.248 e. The number of nitrogens with zero attached hydrogens (tertiary/aromatic N) is 1. The third kappa shape index (κ3) is 3.96. The van der Waals surface area contributed by atoms with Gasteiger partial charge in [0, 0.05) is 12.8 Å².